The molecule has 1 saturated carbocycles. The van der Waals surface area contributed by atoms with Gasteiger partial charge in [0.15, 0.2) is 10.9 Å². The lowest BCUT2D eigenvalue weighted by Gasteiger charge is -2.13. The molecule has 4 rings (SSSR count). The molecule has 166 valence electrons. The van der Waals surface area contributed by atoms with Crippen molar-refractivity contribution < 1.29 is 19.5 Å². The second-order valence-corrected chi connectivity index (χ2v) is 10.4. The first-order valence-electron chi connectivity index (χ1n) is 10.5. The Labute approximate surface area is 193 Å². The maximum Gasteiger partial charge on any atom is 0.353 e. The van der Waals surface area contributed by atoms with E-state index >= 15 is 0 Å². The van der Waals surface area contributed by atoms with Crippen LogP contribution in [0.5, 0.6) is 0 Å². The van der Waals surface area contributed by atoms with Crippen molar-refractivity contribution in [1.82, 2.24) is 15.0 Å². The van der Waals surface area contributed by atoms with Gasteiger partial charge in [-0.25, -0.2) is 14.8 Å². The van der Waals surface area contributed by atoms with Crippen LogP contribution >= 0.6 is 23.1 Å². The maximum absolute atomic E-state index is 13.0. The lowest BCUT2D eigenvalue weighted by molar-refractivity contribution is -0.117. The van der Waals surface area contributed by atoms with E-state index in [0.717, 1.165) is 41.0 Å². The highest BCUT2D eigenvalue weighted by atomic mass is 32.2. The minimum Gasteiger partial charge on any atom is -0.477 e. The molecule has 0 radical (unpaired) electrons. The first-order chi connectivity index (χ1) is 15.4. The van der Waals surface area contributed by atoms with E-state index in [4.69, 9.17) is 5.11 Å². The van der Waals surface area contributed by atoms with Crippen molar-refractivity contribution >= 4 is 40.6 Å². The van der Waals surface area contributed by atoms with E-state index in [-0.39, 0.29) is 36.0 Å². The zero-order chi connectivity index (χ0) is 22.7. The standard InChI is InChI=1S/C23H23N3O4S2/c1-13-6-7-15(17(8-13)21(28)14-4-2-3-5-14)9-16(27)10-19-24-12-20(31-19)32-23-25-11-18(26-23)22(29)30/h6-8,11-12,14H,2-5,9-10H2,1H3,(H,25,26)(H,29,30). The van der Waals surface area contributed by atoms with Crippen LogP contribution in [0, 0.1) is 12.8 Å². The molecule has 1 aliphatic carbocycles. The van der Waals surface area contributed by atoms with Gasteiger partial charge in [0.05, 0.1) is 23.0 Å². The zero-order valence-corrected chi connectivity index (χ0v) is 19.2. The number of aryl methyl sites for hydroxylation is 1. The van der Waals surface area contributed by atoms with Crippen LogP contribution in [0.25, 0.3) is 0 Å². The van der Waals surface area contributed by atoms with Crippen LogP contribution < -0.4 is 0 Å². The summed E-state index contributed by atoms with van der Waals surface area (Å²) in [5.74, 6) is -0.818. The molecular formula is C23H23N3O4S2. The molecule has 1 fully saturated rings. The number of nitrogens with zero attached hydrogens (tertiary/aromatic N) is 2. The Bertz CT molecular complexity index is 1160. The summed E-state index contributed by atoms with van der Waals surface area (Å²) in [5.41, 5.74) is 2.52. The quantitative estimate of drug-likeness (QED) is 0.435. The van der Waals surface area contributed by atoms with E-state index in [2.05, 4.69) is 15.0 Å². The first-order valence-corrected chi connectivity index (χ1v) is 12.1. The molecule has 1 aromatic carbocycles. The summed E-state index contributed by atoms with van der Waals surface area (Å²) in [6.07, 6.45) is 7.37. The number of hydrogen-bond donors (Lipinski definition) is 2. The minimum atomic E-state index is -1.07. The molecule has 32 heavy (non-hydrogen) atoms. The first kappa shape index (κ1) is 22.4. The Balaban J connectivity index is 1.41. The number of Topliss-reactive ketones (excluding diaryl/α,β-unsaturated/α-hetero) is 2. The van der Waals surface area contributed by atoms with Crippen molar-refractivity contribution in [3.63, 3.8) is 0 Å². The number of carbonyl (C=O) groups excluding carboxylic acids is 2. The molecule has 0 spiro atoms. The fourth-order valence-electron chi connectivity index (χ4n) is 3.91. The third-order valence-corrected chi connectivity index (χ3v) is 7.50. The number of hydrogen-bond acceptors (Lipinski definition) is 7. The Morgan fingerprint density at radius 2 is 1.94 bits per heavy atom. The van der Waals surface area contributed by atoms with Gasteiger partial charge in [0.2, 0.25) is 0 Å². The maximum atomic E-state index is 13.0. The molecule has 9 heteroatoms. The molecule has 0 bridgehead atoms. The van der Waals surface area contributed by atoms with E-state index in [0.29, 0.717) is 15.7 Å². The summed E-state index contributed by atoms with van der Waals surface area (Å²) in [6.45, 7) is 1.96. The number of thiazole rings is 1. The summed E-state index contributed by atoms with van der Waals surface area (Å²) < 4.78 is 0.812. The SMILES string of the molecule is Cc1ccc(CC(=O)Cc2ncc(Sc3ncc(C(=O)O)[nH]3)s2)c(C(=O)C2CCCC2)c1. The molecule has 7 nitrogen and oxygen atoms in total. The highest BCUT2D eigenvalue weighted by Crippen LogP contribution is 2.31. The van der Waals surface area contributed by atoms with Gasteiger partial charge in [-0.15, -0.1) is 11.3 Å². The van der Waals surface area contributed by atoms with Gasteiger partial charge in [-0.2, -0.15) is 0 Å². The second kappa shape index (κ2) is 9.79. The van der Waals surface area contributed by atoms with Gasteiger partial charge < -0.3 is 10.1 Å². The summed E-state index contributed by atoms with van der Waals surface area (Å²) in [5, 5.41) is 10.1. The van der Waals surface area contributed by atoms with Crippen LogP contribution in [-0.4, -0.2) is 37.6 Å². The monoisotopic (exact) mass is 469 g/mol. The Morgan fingerprint density at radius 1 is 1.16 bits per heavy atom. The van der Waals surface area contributed by atoms with Gasteiger partial charge >= 0.3 is 5.97 Å². The molecule has 2 heterocycles. The molecule has 2 N–H and O–H groups in total. The van der Waals surface area contributed by atoms with Crippen LogP contribution in [0.2, 0.25) is 0 Å². The Hall–Kier alpha value is -2.78. The Kier molecular flexibility index (Phi) is 6.86. The smallest absolute Gasteiger partial charge is 0.353 e. The van der Waals surface area contributed by atoms with E-state index in [1.807, 2.05) is 25.1 Å². The summed E-state index contributed by atoms with van der Waals surface area (Å²) in [6, 6.07) is 5.76. The van der Waals surface area contributed by atoms with Crippen LogP contribution in [0.15, 0.2) is 40.0 Å². The highest BCUT2D eigenvalue weighted by Gasteiger charge is 2.26. The van der Waals surface area contributed by atoms with Crippen molar-refractivity contribution in [2.75, 3.05) is 0 Å². The van der Waals surface area contributed by atoms with Gasteiger partial charge in [-0.1, -0.05) is 30.5 Å². The van der Waals surface area contributed by atoms with Gasteiger partial charge in [-0.3, -0.25) is 9.59 Å². The normalized spacial score (nSPS) is 14.0. The zero-order valence-electron chi connectivity index (χ0n) is 17.6. The third-order valence-electron chi connectivity index (χ3n) is 5.51. The molecule has 0 unspecified atom stereocenters. The number of aromatic nitrogens is 3. The predicted molar refractivity (Wildman–Crippen MR) is 122 cm³/mol. The summed E-state index contributed by atoms with van der Waals surface area (Å²) in [4.78, 5) is 47.8. The minimum absolute atomic E-state index is 0.00591. The van der Waals surface area contributed by atoms with Crippen LogP contribution in [-0.2, 0) is 17.6 Å². The number of imidazole rings is 1. The number of aromatic carboxylic acids is 1. The molecule has 0 amide bonds. The number of rotatable bonds is 9. The van der Waals surface area contributed by atoms with E-state index in [1.165, 1.54) is 29.3 Å². The number of aromatic amines is 1. The van der Waals surface area contributed by atoms with Gasteiger partial charge in [-0.05, 0) is 43.2 Å². The van der Waals surface area contributed by atoms with Gasteiger partial charge in [0.25, 0.3) is 0 Å². The number of H-pyrrole nitrogens is 1. The molecule has 3 aromatic rings. The number of ketones is 2. The van der Waals surface area contributed by atoms with Crippen molar-refractivity contribution in [2.24, 2.45) is 5.92 Å². The number of benzene rings is 1. The van der Waals surface area contributed by atoms with E-state index in [9.17, 15) is 14.4 Å². The number of nitrogens with one attached hydrogen (secondary N) is 1. The number of carboxylic acid groups (broad SMARTS) is 1. The van der Waals surface area contributed by atoms with Gasteiger partial charge in [0.1, 0.15) is 16.5 Å². The molecule has 0 saturated heterocycles. The lowest BCUT2D eigenvalue weighted by atomic mass is 9.90. The third kappa shape index (κ3) is 5.34. The summed E-state index contributed by atoms with van der Waals surface area (Å²) >= 11 is 2.64. The average Bonchev–Trinajstić information content (AvgIpc) is 3.51. The highest BCUT2D eigenvalue weighted by molar-refractivity contribution is 8.01. The Morgan fingerprint density at radius 3 is 2.66 bits per heavy atom. The van der Waals surface area contributed by atoms with Crippen molar-refractivity contribution in [3.8, 4) is 0 Å². The number of carboxylic acids is 1. The number of carbonyl (C=O) groups is 3. The van der Waals surface area contributed by atoms with E-state index in [1.54, 1.807) is 6.20 Å². The van der Waals surface area contributed by atoms with Gasteiger partial charge in [0, 0.05) is 17.9 Å². The molecule has 0 aliphatic heterocycles. The van der Waals surface area contributed by atoms with Crippen molar-refractivity contribution in [3.05, 3.63) is 58.0 Å². The van der Waals surface area contributed by atoms with Crippen molar-refractivity contribution in [1.29, 1.82) is 0 Å². The fourth-order valence-corrected chi connectivity index (χ4v) is 5.84. The molecule has 1 aliphatic rings. The summed E-state index contributed by atoms with van der Waals surface area (Å²) in [7, 11) is 0. The van der Waals surface area contributed by atoms with E-state index < -0.39 is 5.97 Å². The predicted octanol–water partition coefficient (Wildman–Crippen LogP) is 4.75. The second-order valence-electron chi connectivity index (χ2n) is 7.98. The van der Waals surface area contributed by atoms with Crippen LogP contribution in [0.1, 0.15) is 62.7 Å². The largest absolute Gasteiger partial charge is 0.477 e. The molecule has 2 aromatic heterocycles. The van der Waals surface area contributed by atoms with Crippen LogP contribution in [0.3, 0.4) is 0 Å². The average molecular weight is 470 g/mol. The molecule has 0 atom stereocenters. The molecular weight excluding hydrogens is 446 g/mol. The van der Waals surface area contributed by atoms with Crippen molar-refractivity contribution in [2.45, 2.75) is 54.8 Å². The fraction of sp³-hybridized carbons (Fsp3) is 0.348. The van der Waals surface area contributed by atoms with Crippen LogP contribution in [0.4, 0.5) is 0 Å². The topological polar surface area (TPSA) is 113 Å². The lowest BCUT2D eigenvalue weighted by Crippen LogP contribution is -2.16.